The quantitative estimate of drug-likeness (QED) is 0.600. The van der Waals surface area contributed by atoms with Crippen molar-refractivity contribution >= 4 is 12.0 Å². The van der Waals surface area contributed by atoms with E-state index in [0.29, 0.717) is 37.5 Å². The van der Waals surface area contributed by atoms with Gasteiger partial charge in [0.15, 0.2) is 11.5 Å². The van der Waals surface area contributed by atoms with E-state index in [1.165, 1.54) is 0 Å². The second-order valence-electron chi connectivity index (χ2n) is 7.88. The van der Waals surface area contributed by atoms with Crippen LogP contribution in [0.4, 0.5) is 4.79 Å². The van der Waals surface area contributed by atoms with E-state index < -0.39 is 12.0 Å². The topological polar surface area (TPSA) is 89.1 Å². The number of esters is 1. The van der Waals surface area contributed by atoms with Crippen LogP contribution in [-0.4, -0.2) is 55.9 Å². The molecule has 33 heavy (non-hydrogen) atoms. The van der Waals surface area contributed by atoms with Crippen molar-refractivity contribution in [1.29, 1.82) is 0 Å². The molecule has 2 aliphatic heterocycles. The van der Waals surface area contributed by atoms with Crippen LogP contribution < -0.4 is 20.1 Å². The fourth-order valence-corrected chi connectivity index (χ4v) is 4.06. The average Bonchev–Trinajstić information content (AvgIpc) is 2.83. The van der Waals surface area contributed by atoms with Crippen LogP contribution >= 0.6 is 0 Å². The number of likely N-dealkylation sites (N-methyl/N-ethyl adjacent to an activating group) is 1. The van der Waals surface area contributed by atoms with E-state index in [0.717, 1.165) is 17.1 Å². The molecule has 2 amide bonds. The van der Waals surface area contributed by atoms with Crippen molar-refractivity contribution in [2.75, 3.05) is 32.8 Å². The fourth-order valence-electron chi connectivity index (χ4n) is 4.06. The van der Waals surface area contributed by atoms with Crippen molar-refractivity contribution in [2.45, 2.75) is 26.0 Å². The molecule has 0 radical (unpaired) electrons. The first-order valence-corrected chi connectivity index (χ1v) is 11.2. The van der Waals surface area contributed by atoms with Crippen molar-refractivity contribution < 1.29 is 23.8 Å². The molecule has 8 nitrogen and oxygen atoms in total. The molecule has 8 heteroatoms. The Labute approximate surface area is 193 Å². The predicted molar refractivity (Wildman–Crippen MR) is 123 cm³/mol. The minimum atomic E-state index is -0.589. The SMILES string of the molecule is CCOC(=O)C1=C(CN(CC)C[C@H]2COc3ccccc3O2)NC(=O)N[C@H]1c1ccccc1. The van der Waals surface area contributed by atoms with E-state index in [-0.39, 0.29) is 18.7 Å². The Bertz CT molecular complexity index is 1020. The highest BCUT2D eigenvalue weighted by Crippen LogP contribution is 2.31. The Morgan fingerprint density at radius 1 is 1.09 bits per heavy atom. The van der Waals surface area contributed by atoms with Gasteiger partial charge in [-0.05, 0) is 31.2 Å². The Morgan fingerprint density at radius 3 is 2.55 bits per heavy atom. The van der Waals surface area contributed by atoms with Crippen LogP contribution in [0, 0.1) is 0 Å². The molecule has 4 rings (SSSR count). The Hall–Kier alpha value is -3.52. The largest absolute Gasteiger partial charge is 0.486 e. The van der Waals surface area contributed by atoms with Crippen molar-refractivity contribution in [3.8, 4) is 11.5 Å². The van der Waals surface area contributed by atoms with Crippen LogP contribution in [0.25, 0.3) is 0 Å². The summed E-state index contributed by atoms with van der Waals surface area (Å²) >= 11 is 0. The number of urea groups is 1. The zero-order chi connectivity index (χ0) is 23.2. The maximum absolute atomic E-state index is 13.0. The lowest BCUT2D eigenvalue weighted by molar-refractivity contribution is -0.139. The van der Waals surface area contributed by atoms with Crippen LogP contribution in [0.2, 0.25) is 0 Å². The summed E-state index contributed by atoms with van der Waals surface area (Å²) < 4.78 is 17.3. The molecular formula is C25H29N3O5. The Morgan fingerprint density at radius 2 is 1.82 bits per heavy atom. The normalized spacial score (nSPS) is 19.7. The van der Waals surface area contributed by atoms with E-state index in [1.54, 1.807) is 6.92 Å². The van der Waals surface area contributed by atoms with E-state index in [1.807, 2.05) is 61.5 Å². The number of amides is 2. The summed E-state index contributed by atoms with van der Waals surface area (Å²) in [6, 6.07) is 16.1. The smallest absolute Gasteiger partial charge is 0.338 e. The number of nitrogens with zero attached hydrogens (tertiary/aromatic N) is 1. The highest BCUT2D eigenvalue weighted by atomic mass is 16.6. The van der Waals surface area contributed by atoms with Gasteiger partial charge in [0.25, 0.3) is 0 Å². The number of carbonyl (C=O) groups is 2. The van der Waals surface area contributed by atoms with Crippen LogP contribution in [0.15, 0.2) is 65.9 Å². The molecule has 2 N–H and O–H groups in total. The average molecular weight is 452 g/mol. The van der Waals surface area contributed by atoms with Gasteiger partial charge in [-0.25, -0.2) is 9.59 Å². The second kappa shape index (κ2) is 10.4. The molecule has 174 valence electrons. The van der Waals surface area contributed by atoms with E-state index >= 15 is 0 Å². The Balaban J connectivity index is 1.57. The van der Waals surface area contributed by atoms with Gasteiger partial charge in [-0.2, -0.15) is 0 Å². The standard InChI is InChI=1S/C25H29N3O5/c1-3-28(14-18-16-32-20-12-8-9-13-21(20)33-18)15-19-22(24(29)31-4-2)23(27-25(30)26-19)17-10-6-5-7-11-17/h5-13,18,23H,3-4,14-16H2,1-2H3,(H2,26,27,30)/t18-,23-/m0/s1. The fraction of sp³-hybridized carbons (Fsp3) is 0.360. The molecule has 0 aliphatic carbocycles. The first kappa shape index (κ1) is 22.7. The minimum absolute atomic E-state index is 0.172. The van der Waals surface area contributed by atoms with Crippen molar-refractivity contribution in [3.63, 3.8) is 0 Å². The molecule has 2 aromatic carbocycles. The first-order chi connectivity index (χ1) is 16.1. The minimum Gasteiger partial charge on any atom is -0.486 e. The maximum atomic E-state index is 13.0. The van der Waals surface area contributed by atoms with E-state index in [4.69, 9.17) is 14.2 Å². The molecule has 0 unspecified atom stereocenters. The number of hydrogen-bond donors (Lipinski definition) is 2. The summed E-state index contributed by atoms with van der Waals surface area (Å²) in [5.74, 6) is 1.01. The molecule has 2 aromatic rings. The predicted octanol–water partition coefficient (Wildman–Crippen LogP) is 3.02. The zero-order valence-corrected chi connectivity index (χ0v) is 18.9. The number of nitrogens with one attached hydrogen (secondary N) is 2. The highest BCUT2D eigenvalue weighted by Gasteiger charge is 2.34. The lowest BCUT2D eigenvalue weighted by Gasteiger charge is -2.34. The lowest BCUT2D eigenvalue weighted by Crippen LogP contribution is -2.49. The number of rotatable bonds is 8. The monoisotopic (exact) mass is 451 g/mol. The van der Waals surface area contributed by atoms with E-state index in [9.17, 15) is 9.59 Å². The number of benzene rings is 2. The zero-order valence-electron chi connectivity index (χ0n) is 18.9. The molecule has 0 aromatic heterocycles. The summed E-state index contributed by atoms with van der Waals surface area (Å²) in [4.78, 5) is 27.6. The first-order valence-electron chi connectivity index (χ1n) is 11.2. The van der Waals surface area contributed by atoms with Gasteiger partial charge in [-0.15, -0.1) is 0 Å². The third-order valence-corrected chi connectivity index (χ3v) is 5.64. The molecule has 2 atom stereocenters. The summed E-state index contributed by atoms with van der Waals surface area (Å²) in [7, 11) is 0. The number of fused-ring (bicyclic) bond motifs is 1. The third kappa shape index (κ3) is 5.28. The second-order valence-corrected chi connectivity index (χ2v) is 7.88. The highest BCUT2D eigenvalue weighted by molar-refractivity contribution is 5.95. The van der Waals surface area contributed by atoms with E-state index in [2.05, 4.69) is 15.5 Å². The summed E-state index contributed by atoms with van der Waals surface area (Å²) in [6.45, 7) is 6.10. The number of para-hydroxylation sites is 2. The van der Waals surface area contributed by atoms with Gasteiger partial charge >= 0.3 is 12.0 Å². The summed E-state index contributed by atoms with van der Waals surface area (Å²) in [6.07, 6.45) is -0.172. The van der Waals surface area contributed by atoms with Crippen molar-refractivity contribution in [3.05, 3.63) is 71.4 Å². The molecule has 2 aliphatic rings. The molecule has 0 bridgehead atoms. The van der Waals surface area contributed by atoms with Gasteiger partial charge in [0.05, 0.1) is 18.2 Å². The van der Waals surface area contributed by atoms with Crippen LogP contribution in [-0.2, 0) is 9.53 Å². The van der Waals surface area contributed by atoms with Crippen LogP contribution in [0.3, 0.4) is 0 Å². The van der Waals surface area contributed by atoms with Crippen molar-refractivity contribution in [2.24, 2.45) is 0 Å². The number of hydrogen-bond acceptors (Lipinski definition) is 6. The molecule has 0 spiro atoms. The van der Waals surface area contributed by atoms with Gasteiger partial charge in [0.2, 0.25) is 0 Å². The summed E-state index contributed by atoms with van der Waals surface area (Å²) in [5, 5.41) is 5.70. The van der Waals surface area contributed by atoms with Crippen LogP contribution in [0.5, 0.6) is 11.5 Å². The molecule has 0 saturated heterocycles. The van der Waals surface area contributed by atoms with Gasteiger partial charge in [-0.3, -0.25) is 4.90 Å². The number of carbonyl (C=O) groups excluding carboxylic acids is 2. The maximum Gasteiger partial charge on any atom is 0.338 e. The van der Waals surface area contributed by atoms with Crippen molar-refractivity contribution in [1.82, 2.24) is 15.5 Å². The third-order valence-electron chi connectivity index (χ3n) is 5.64. The van der Waals surface area contributed by atoms with Crippen LogP contribution in [0.1, 0.15) is 25.5 Å². The molecular weight excluding hydrogens is 422 g/mol. The summed E-state index contributed by atoms with van der Waals surface area (Å²) in [5.41, 5.74) is 1.76. The van der Waals surface area contributed by atoms with Gasteiger partial charge < -0.3 is 24.8 Å². The lowest BCUT2D eigenvalue weighted by atomic mass is 9.95. The molecule has 0 saturated carbocycles. The number of ether oxygens (including phenoxy) is 3. The van der Waals surface area contributed by atoms with Gasteiger partial charge in [-0.1, -0.05) is 49.4 Å². The molecule has 0 fully saturated rings. The van der Waals surface area contributed by atoms with Gasteiger partial charge in [0.1, 0.15) is 12.7 Å². The van der Waals surface area contributed by atoms with Gasteiger partial charge in [0, 0.05) is 18.8 Å². The molecule has 2 heterocycles. The Kier molecular flexibility index (Phi) is 7.14.